The van der Waals surface area contributed by atoms with Crippen molar-refractivity contribution < 1.29 is 21.7 Å². The van der Waals surface area contributed by atoms with Gasteiger partial charge in [-0.3, -0.25) is 9.36 Å². The Hall–Kier alpha value is -2.14. The lowest BCUT2D eigenvalue weighted by atomic mass is 9.98. The number of halogens is 2. The van der Waals surface area contributed by atoms with E-state index in [4.69, 9.17) is 0 Å². The Labute approximate surface area is 142 Å². The van der Waals surface area contributed by atoms with Crippen LogP contribution in [0.25, 0.3) is 0 Å². The normalized spacial score (nSPS) is 17.2. The lowest BCUT2D eigenvalue weighted by Gasteiger charge is -2.30. The zero-order valence-electron chi connectivity index (χ0n) is 13.1. The molecule has 0 radical (unpaired) electrons. The highest BCUT2D eigenvalue weighted by atomic mass is 32.2. The number of hydrogen-bond acceptors (Lipinski definition) is 6. The highest BCUT2D eigenvalue weighted by molar-refractivity contribution is 7.89. The lowest BCUT2D eigenvalue weighted by Crippen LogP contribution is -2.39. The molecule has 0 aromatic carbocycles. The molecular formula is C14H16F2N4O4S. The first kappa shape index (κ1) is 17.7. The summed E-state index contributed by atoms with van der Waals surface area (Å²) < 4.78 is 57.0. The van der Waals surface area contributed by atoms with Gasteiger partial charge in [0.05, 0.1) is 12.5 Å². The molecule has 3 heterocycles. The van der Waals surface area contributed by atoms with Crippen molar-refractivity contribution in [2.45, 2.75) is 30.7 Å². The van der Waals surface area contributed by atoms with Crippen molar-refractivity contribution in [2.24, 2.45) is 5.92 Å². The van der Waals surface area contributed by atoms with Crippen LogP contribution in [0.3, 0.4) is 0 Å². The summed E-state index contributed by atoms with van der Waals surface area (Å²) in [6, 6.07) is 0.830. The van der Waals surface area contributed by atoms with Crippen molar-refractivity contribution in [2.75, 3.05) is 13.1 Å². The van der Waals surface area contributed by atoms with Crippen molar-refractivity contribution in [3.63, 3.8) is 0 Å². The molecule has 0 atom stereocenters. The van der Waals surface area contributed by atoms with Gasteiger partial charge in [-0.05, 0) is 18.8 Å². The molecule has 0 spiro atoms. The lowest BCUT2D eigenvalue weighted by molar-refractivity contribution is 0.145. The summed E-state index contributed by atoms with van der Waals surface area (Å²) in [5.41, 5.74) is -1.08. The minimum absolute atomic E-state index is 0.00829. The second-order valence-electron chi connectivity index (χ2n) is 5.81. The quantitative estimate of drug-likeness (QED) is 0.782. The summed E-state index contributed by atoms with van der Waals surface area (Å²) in [5.74, 6) is 0.0609. The molecule has 1 aliphatic heterocycles. The number of nitrogens with zero attached hydrogens (tertiary/aromatic N) is 4. The Morgan fingerprint density at radius 3 is 2.60 bits per heavy atom. The number of sulfonamides is 1. The standard InChI is InChI=1S/C14H16F2N4O4S/c15-14(16)12-5-13(21)19(9-17-12)7-10-1-3-20(4-2-10)25(22,23)11-6-18-24-8-11/h5-6,8-10,14H,1-4,7H2. The molecule has 3 rings (SSSR count). The molecule has 2 aromatic rings. The van der Waals surface area contributed by atoms with Crippen LogP contribution in [-0.4, -0.2) is 40.5 Å². The van der Waals surface area contributed by atoms with E-state index in [1.807, 2.05) is 0 Å². The molecule has 0 amide bonds. The van der Waals surface area contributed by atoms with Crippen LogP contribution in [0.15, 0.2) is 39.1 Å². The molecule has 11 heteroatoms. The van der Waals surface area contributed by atoms with Gasteiger partial charge < -0.3 is 4.52 Å². The Kier molecular flexibility index (Phi) is 4.95. The molecule has 0 N–H and O–H groups in total. The van der Waals surface area contributed by atoms with Gasteiger partial charge in [-0.25, -0.2) is 22.2 Å². The topological polar surface area (TPSA) is 98.3 Å². The van der Waals surface area contributed by atoms with E-state index in [1.165, 1.54) is 8.87 Å². The summed E-state index contributed by atoms with van der Waals surface area (Å²) in [6.45, 7) is 0.918. The molecule has 0 unspecified atom stereocenters. The largest absolute Gasteiger partial charge is 0.363 e. The molecule has 0 aliphatic carbocycles. The fraction of sp³-hybridized carbons (Fsp3) is 0.500. The van der Waals surface area contributed by atoms with E-state index in [2.05, 4.69) is 14.7 Å². The summed E-state index contributed by atoms with van der Waals surface area (Å²) in [7, 11) is -3.63. The zero-order chi connectivity index (χ0) is 18.0. The minimum Gasteiger partial charge on any atom is -0.363 e. The van der Waals surface area contributed by atoms with E-state index in [-0.39, 0.29) is 10.8 Å². The molecular weight excluding hydrogens is 358 g/mol. The fourth-order valence-corrected chi connectivity index (χ4v) is 4.11. The molecule has 1 saturated heterocycles. The maximum Gasteiger partial charge on any atom is 0.280 e. The van der Waals surface area contributed by atoms with Crippen LogP contribution >= 0.6 is 0 Å². The van der Waals surface area contributed by atoms with Crippen molar-refractivity contribution >= 4 is 10.0 Å². The van der Waals surface area contributed by atoms with Gasteiger partial charge in [-0.15, -0.1) is 0 Å². The fourth-order valence-electron chi connectivity index (χ4n) is 2.78. The van der Waals surface area contributed by atoms with E-state index in [0.717, 1.165) is 24.9 Å². The number of rotatable bonds is 5. The van der Waals surface area contributed by atoms with Crippen molar-refractivity contribution in [1.82, 2.24) is 19.0 Å². The van der Waals surface area contributed by atoms with E-state index in [0.29, 0.717) is 32.5 Å². The molecule has 136 valence electrons. The van der Waals surface area contributed by atoms with E-state index in [1.54, 1.807) is 0 Å². The van der Waals surface area contributed by atoms with Crippen molar-refractivity contribution in [3.8, 4) is 0 Å². The van der Waals surface area contributed by atoms with Crippen molar-refractivity contribution in [3.05, 3.63) is 40.9 Å². The first-order valence-corrected chi connectivity index (χ1v) is 9.06. The molecule has 0 saturated carbocycles. The summed E-state index contributed by atoms with van der Waals surface area (Å²) in [6.07, 6.45) is 1.66. The van der Waals surface area contributed by atoms with E-state index in [9.17, 15) is 22.0 Å². The zero-order valence-corrected chi connectivity index (χ0v) is 13.9. The van der Waals surface area contributed by atoms with E-state index < -0.39 is 27.7 Å². The van der Waals surface area contributed by atoms with E-state index >= 15 is 0 Å². The Balaban J connectivity index is 1.63. The molecule has 1 fully saturated rings. The van der Waals surface area contributed by atoms with Gasteiger partial charge in [-0.1, -0.05) is 5.16 Å². The third-order valence-electron chi connectivity index (χ3n) is 4.20. The van der Waals surface area contributed by atoms with Gasteiger partial charge in [0.15, 0.2) is 0 Å². The van der Waals surface area contributed by atoms with Crippen LogP contribution in [0, 0.1) is 5.92 Å². The third-order valence-corrected chi connectivity index (χ3v) is 6.04. The maximum atomic E-state index is 12.5. The van der Waals surface area contributed by atoms with Gasteiger partial charge in [-0.2, -0.15) is 4.31 Å². The summed E-state index contributed by atoms with van der Waals surface area (Å²) in [5, 5.41) is 3.40. The third kappa shape index (κ3) is 3.76. The van der Waals surface area contributed by atoms with Crippen LogP contribution < -0.4 is 5.56 Å². The van der Waals surface area contributed by atoms with Gasteiger partial charge in [0, 0.05) is 25.7 Å². The van der Waals surface area contributed by atoms with Crippen molar-refractivity contribution in [1.29, 1.82) is 0 Å². The van der Waals surface area contributed by atoms with Gasteiger partial charge in [0.25, 0.3) is 12.0 Å². The first-order chi connectivity index (χ1) is 11.9. The summed E-state index contributed by atoms with van der Waals surface area (Å²) >= 11 is 0. The monoisotopic (exact) mass is 374 g/mol. The first-order valence-electron chi connectivity index (χ1n) is 7.62. The second kappa shape index (κ2) is 7.00. The molecule has 8 nitrogen and oxygen atoms in total. The predicted molar refractivity (Wildman–Crippen MR) is 81.4 cm³/mol. The van der Waals surface area contributed by atoms with Gasteiger partial charge in [0.2, 0.25) is 10.0 Å². The van der Waals surface area contributed by atoms with Gasteiger partial charge in [0.1, 0.15) is 16.9 Å². The van der Waals surface area contributed by atoms with Crippen LogP contribution in [0.5, 0.6) is 0 Å². The minimum atomic E-state index is -3.63. The number of hydrogen-bond donors (Lipinski definition) is 0. The average molecular weight is 374 g/mol. The molecule has 25 heavy (non-hydrogen) atoms. The summed E-state index contributed by atoms with van der Waals surface area (Å²) in [4.78, 5) is 15.5. The van der Waals surface area contributed by atoms with Crippen LogP contribution in [-0.2, 0) is 16.6 Å². The van der Waals surface area contributed by atoms with Crippen LogP contribution in [0.1, 0.15) is 25.0 Å². The maximum absolute atomic E-state index is 12.5. The number of aromatic nitrogens is 3. The average Bonchev–Trinajstić information content (AvgIpc) is 3.12. The molecule has 2 aromatic heterocycles. The molecule has 0 bridgehead atoms. The number of piperidine rings is 1. The van der Waals surface area contributed by atoms with Gasteiger partial charge >= 0.3 is 0 Å². The Bertz CT molecular complexity index is 874. The highest BCUT2D eigenvalue weighted by Gasteiger charge is 2.30. The smallest absolute Gasteiger partial charge is 0.280 e. The predicted octanol–water partition coefficient (Wildman–Crippen LogP) is 1.27. The number of alkyl halides is 2. The Morgan fingerprint density at radius 1 is 1.32 bits per heavy atom. The second-order valence-corrected chi connectivity index (χ2v) is 7.75. The molecule has 1 aliphatic rings. The highest BCUT2D eigenvalue weighted by Crippen LogP contribution is 2.24. The van der Waals surface area contributed by atoms with Crippen LogP contribution in [0.4, 0.5) is 8.78 Å². The Morgan fingerprint density at radius 2 is 2.04 bits per heavy atom. The van der Waals surface area contributed by atoms with Crippen LogP contribution in [0.2, 0.25) is 0 Å². The SMILES string of the molecule is O=c1cc(C(F)F)ncn1CC1CCN(S(=O)(=O)c2cnoc2)CC1.